The summed E-state index contributed by atoms with van der Waals surface area (Å²) in [5, 5.41) is 6.94. The van der Waals surface area contributed by atoms with Crippen molar-refractivity contribution in [2.75, 3.05) is 12.4 Å². The van der Waals surface area contributed by atoms with Crippen molar-refractivity contribution in [1.29, 1.82) is 0 Å². The van der Waals surface area contributed by atoms with E-state index in [9.17, 15) is 4.79 Å². The molecule has 0 saturated carbocycles. The van der Waals surface area contributed by atoms with Crippen molar-refractivity contribution in [3.05, 3.63) is 66.1 Å². The summed E-state index contributed by atoms with van der Waals surface area (Å²) in [7, 11) is 1.56. The number of hydrogen-bond acceptors (Lipinski definition) is 7. The number of carbonyl (C=O) groups is 1. The Kier molecular flexibility index (Phi) is 5.48. The number of nitrogens with zero attached hydrogens (tertiary/aromatic N) is 5. The predicted octanol–water partition coefficient (Wildman–Crippen LogP) is 4.18. The second kappa shape index (κ2) is 8.26. The van der Waals surface area contributed by atoms with Crippen LogP contribution in [0.5, 0.6) is 5.75 Å². The molecule has 1 N–H and O–H groups in total. The maximum absolute atomic E-state index is 12.8. The van der Waals surface area contributed by atoms with Gasteiger partial charge in [-0.15, -0.1) is 0 Å². The molecule has 9 nitrogen and oxygen atoms in total. The van der Waals surface area contributed by atoms with Gasteiger partial charge in [0, 0.05) is 17.8 Å². The summed E-state index contributed by atoms with van der Waals surface area (Å²) in [5.74, 6) is 1.68. The number of amides is 1. The Bertz CT molecular complexity index is 1270. The average Bonchev–Trinajstić information content (AvgIpc) is 3.44. The highest BCUT2D eigenvalue weighted by atomic mass is 16.5. The highest BCUT2D eigenvalue weighted by molar-refractivity contribution is 6.03. The fourth-order valence-corrected chi connectivity index (χ4v) is 3.07. The van der Waals surface area contributed by atoms with E-state index in [0.29, 0.717) is 34.5 Å². The standard InChI is InChI=1S/C23H24N6O3/c1-14-8-9-18(31-5)16(11-14)26-20(30)17-12-29(13-25-17)19-15(7-6-10-24-19)21-27-22(28-32-21)23(2,3)4/h6-13H,1-5H3,(H,26,30). The topological polar surface area (TPSA) is 108 Å². The van der Waals surface area contributed by atoms with Crippen molar-refractivity contribution in [2.45, 2.75) is 33.1 Å². The van der Waals surface area contributed by atoms with E-state index in [1.807, 2.05) is 45.9 Å². The third-order valence-corrected chi connectivity index (χ3v) is 4.78. The smallest absolute Gasteiger partial charge is 0.275 e. The lowest BCUT2D eigenvalue weighted by Gasteiger charge is -2.11. The Balaban J connectivity index is 1.63. The van der Waals surface area contributed by atoms with E-state index in [4.69, 9.17) is 9.26 Å². The molecule has 9 heteroatoms. The lowest BCUT2D eigenvalue weighted by molar-refractivity contribution is 0.102. The highest BCUT2D eigenvalue weighted by Crippen LogP contribution is 2.28. The van der Waals surface area contributed by atoms with Gasteiger partial charge in [-0.2, -0.15) is 4.98 Å². The van der Waals surface area contributed by atoms with Crippen molar-refractivity contribution in [2.24, 2.45) is 0 Å². The van der Waals surface area contributed by atoms with Crippen LogP contribution in [-0.4, -0.2) is 37.7 Å². The molecule has 0 radical (unpaired) electrons. The van der Waals surface area contributed by atoms with Crippen LogP contribution < -0.4 is 10.1 Å². The molecular weight excluding hydrogens is 408 g/mol. The molecule has 0 aliphatic carbocycles. The first-order valence-corrected chi connectivity index (χ1v) is 10.1. The zero-order chi connectivity index (χ0) is 22.9. The number of aryl methyl sites for hydroxylation is 1. The van der Waals surface area contributed by atoms with Gasteiger partial charge in [0.1, 0.15) is 17.8 Å². The zero-order valence-corrected chi connectivity index (χ0v) is 18.6. The first-order chi connectivity index (χ1) is 15.3. The number of carbonyl (C=O) groups excluding carboxylic acids is 1. The molecule has 3 aromatic heterocycles. The van der Waals surface area contributed by atoms with Crippen LogP contribution in [0.2, 0.25) is 0 Å². The van der Waals surface area contributed by atoms with Gasteiger partial charge in [0.05, 0.1) is 18.4 Å². The number of methoxy groups -OCH3 is 1. The molecule has 0 bridgehead atoms. The molecule has 1 aromatic carbocycles. The van der Waals surface area contributed by atoms with Crippen LogP contribution in [0.1, 0.15) is 42.6 Å². The number of anilines is 1. The summed E-state index contributed by atoms with van der Waals surface area (Å²) in [5.41, 5.74) is 2.19. The molecule has 0 atom stereocenters. The van der Waals surface area contributed by atoms with Crippen LogP contribution in [0, 0.1) is 6.92 Å². The maximum atomic E-state index is 12.8. The van der Waals surface area contributed by atoms with E-state index in [1.54, 1.807) is 36.2 Å². The molecule has 3 heterocycles. The number of imidazole rings is 1. The summed E-state index contributed by atoms with van der Waals surface area (Å²) in [6.45, 7) is 7.97. The molecule has 0 saturated heterocycles. The number of rotatable bonds is 5. The average molecular weight is 432 g/mol. The first-order valence-electron chi connectivity index (χ1n) is 10.1. The Morgan fingerprint density at radius 3 is 2.72 bits per heavy atom. The van der Waals surface area contributed by atoms with Crippen LogP contribution in [-0.2, 0) is 5.41 Å². The molecule has 1 amide bonds. The normalized spacial score (nSPS) is 11.4. The van der Waals surface area contributed by atoms with Crippen molar-refractivity contribution in [1.82, 2.24) is 24.7 Å². The second-order valence-electron chi connectivity index (χ2n) is 8.37. The molecule has 164 valence electrons. The van der Waals surface area contributed by atoms with Gasteiger partial charge in [-0.1, -0.05) is 32.0 Å². The van der Waals surface area contributed by atoms with Gasteiger partial charge in [-0.25, -0.2) is 9.97 Å². The van der Waals surface area contributed by atoms with Crippen LogP contribution in [0.15, 0.2) is 53.6 Å². The lowest BCUT2D eigenvalue weighted by atomic mass is 9.96. The first kappa shape index (κ1) is 21.2. The number of benzene rings is 1. The number of pyridine rings is 1. The van der Waals surface area contributed by atoms with Gasteiger partial charge in [0.2, 0.25) is 0 Å². The molecule has 4 aromatic rings. The zero-order valence-electron chi connectivity index (χ0n) is 18.6. The summed E-state index contributed by atoms with van der Waals surface area (Å²) < 4.78 is 12.5. The minimum atomic E-state index is -0.363. The number of aromatic nitrogens is 5. The third-order valence-electron chi connectivity index (χ3n) is 4.78. The van der Waals surface area contributed by atoms with Gasteiger partial charge in [0.25, 0.3) is 11.8 Å². The van der Waals surface area contributed by atoms with Crippen molar-refractivity contribution in [3.8, 4) is 23.0 Å². The minimum Gasteiger partial charge on any atom is -0.495 e. The fraction of sp³-hybridized carbons (Fsp3) is 0.261. The summed E-state index contributed by atoms with van der Waals surface area (Å²) in [6.07, 6.45) is 4.77. The number of hydrogen-bond donors (Lipinski definition) is 1. The van der Waals surface area contributed by atoms with Gasteiger partial charge in [0.15, 0.2) is 11.6 Å². The third kappa shape index (κ3) is 4.22. The van der Waals surface area contributed by atoms with Crippen molar-refractivity contribution in [3.63, 3.8) is 0 Å². The van der Waals surface area contributed by atoms with E-state index >= 15 is 0 Å². The Morgan fingerprint density at radius 2 is 2.00 bits per heavy atom. The van der Waals surface area contributed by atoms with Crippen molar-refractivity contribution >= 4 is 11.6 Å². The monoisotopic (exact) mass is 432 g/mol. The Labute approximate surface area is 185 Å². The summed E-state index contributed by atoms with van der Waals surface area (Å²) >= 11 is 0. The molecule has 0 aliphatic heterocycles. The molecule has 0 aliphatic rings. The van der Waals surface area contributed by atoms with Gasteiger partial charge < -0.3 is 14.6 Å². The van der Waals surface area contributed by atoms with E-state index < -0.39 is 0 Å². The number of ether oxygens (including phenoxy) is 1. The SMILES string of the molecule is COc1ccc(C)cc1NC(=O)c1cn(-c2ncccc2-c2nc(C(C)(C)C)no2)cn1. The van der Waals surface area contributed by atoms with Gasteiger partial charge >= 0.3 is 0 Å². The molecule has 0 fully saturated rings. The van der Waals surface area contributed by atoms with E-state index in [1.165, 1.54) is 6.33 Å². The van der Waals surface area contributed by atoms with Crippen LogP contribution >= 0.6 is 0 Å². The highest BCUT2D eigenvalue weighted by Gasteiger charge is 2.23. The molecule has 0 spiro atoms. The van der Waals surface area contributed by atoms with E-state index in [2.05, 4.69) is 25.4 Å². The van der Waals surface area contributed by atoms with Gasteiger partial charge in [-0.3, -0.25) is 9.36 Å². The van der Waals surface area contributed by atoms with E-state index in [-0.39, 0.29) is 17.0 Å². The summed E-state index contributed by atoms with van der Waals surface area (Å²) in [6, 6.07) is 9.18. The largest absolute Gasteiger partial charge is 0.495 e. The van der Waals surface area contributed by atoms with E-state index in [0.717, 1.165) is 5.56 Å². The maximum Gasteiger partial charge on any atom is 0.275 e. The number of nitrogens with one attached hydrogen (secondary N) is 1. The molecule has 32 heavy (non-hydrogen) atoms. The van der Waals surface area contributed by atoms with Crippen molar-refractivity contribution < 1.29 is 14.1 Å². The Morgan fingerprint density at radius 1 is 1.19 bits per heavy atom. The fourth-order valence-electron chi connectivity index (χ4n) is 3.07. The van der Waals surface area contributed by atoms with Crippen LogP contribution in [0.25, 0.3) is 17.3 Å². The molecule has 0 unspecified atom stereocenters. The Hall–Kier alpha value is -4.01. The second-order valence-corrected chi connectivity index (χ2v) is 8.37. The molecule has 4 rings (SSSR count). The van der Waals surface area contributed by atoms with Crippen LogP contribution in [0.4, 0.5) is 5.69 Å². The minimum absolute atomic E-state index is 0.228. The predicted molar refractivity (Wildman–Crippen MR) is 119 cm³/mol. The lowest BCUT2D eigenvalue weighted by Crippen LogP contribution is -2.13. The quantitative estimate of drug-likeness (QED) is 0.504. The summed E-state index contributed by atoms with van der Waals surface area (Å²) in [4.78, 5) is 26.0. The van der Waals surface area contributed by atoms with Gasteiger partial charge in [-0.05, 0) is 36.8 Å². The molecular formula is C23H24N6O3. The van der Waals surface area contributed by atoms with Crippen LogP contribution in [0.3, 0.4) is 0 Å².